The van der Waals surface area contributed by atoms with Crippen molar-refractivity contribution in [1.82, 2.24) is 0 Å². The van der Waals surface area contributed by atoms with Crippen LogP contribution in [0.1, 0.15) is 80.6 Å². The Morgan fingerprint density at radius 1 is 0.221 bits per heavy atom. The molecule has 0 atom stereocenters. The van der Waals surface area contributed by atoms with Gasteiger partial charge in [0.15, 0.2) is 0 Å². The zero-order valence-electron chi connectivity index (χ0n) is 48.6. The first-order chi connectivity index (χ1) is 42.4. The number of hydrogen-bond acceptors (Lipinski definition) is 0. The summed E-state index contributed by atoms with van der Waals surface area (Å²) in [5, 5.41) is 0. The third-order valence-electron chi connectivity index (χ3n) is 17.5. The average Bonchev–Trinajstić information content (AvgIpc) is 2.32. The summed E-state index contributed by atoms with van der Waals surface area (Å²) < 4.78 is 0. The molecule has 0 saturated carbocycles. The van der Waals surface area contributed by atoms with Gasteiger partial charge in [0.1, 0.15) is 0 Å². The molecular formula is C86H66. The van der Waals surface area contributed by atoms with E-state index in [2.05, 4.69) is 378 Å². The lowest BCUT2D eigenvalue weighted by molar-refractivity contribution is 0.694. The van der Waals surface area contributed by atoms with E-state index in [4.69, 9.17) is 0 Å². The summed E-state index contributed by atoms with van der Waals surface area (Å²) in [6, 6.07) is 128. The standard InChI is InChI=1S/C86H66/c1-85(75-35-19-7-20-36-75,76-37-21-8-22-38-76)83-61-64(60-82(70-31-15-5-16-32-70)71-33-17-6-18-34-71)45-57-79(83)73-54-52-66(53-55-73)65-48-50-67(51-49-65)74-56-58-80(84(62-74)86(2,77-39-23-9-24-40-77)78-41-25-10-26-42-78)72-46-43-63(44-47-72)59-81(68-27-11-3-12-28-68)69-29-13-4-14-30-69/h3-62H,1-2H3. The van der Waals surface area contributed by atoms with E-state index >= 15 is 0 Å². The molecule has 0 saturated heterocycles. The van der Waals surface area contributed by atoms with E-state index in [-0.39, 0.29) is 0 Å². The fraction of sp³-hybridized carbons (Fsp3) is 0.0465. The van der Waals surface area contributed by atoms with Crippen LogP contribution in [0.25, 0.3) is 67.8 Å². The highest BCUT2D eigenvalue weighted by Gasteiger charge is 2.35. The Morgan fingerprint density at radius 2 is 0.465 bits per heavy atom. The lowest BCUT2D eigenvalue weighted by Gasteiger charge is -2.34. The first-order valence-electron chi connectivity index (χ1n) is 29.9. The molecule has 0 fully saturated rings. The Hall–Kier alpha value is -10.7. The second kappa shape index (κ2) is 24.7. The molecule has 0 aliphatic heterocycles. The van der Waals surface area contributed by atoms with E-state index < -0.39 is 10.8 Å². The van der Waals surface area contributed by atoms with Crippen LogP contribution in [0.15, 0.2) is 352 Å². The maximum atomic E-state index is 2.44. The summed E-state index contributed by atoms with van der Waals surface area (Å²) >= 11 is 0. The van der Waals surface area contributed by atoms with Crippen LogP contribution in [0.3, 0.4) is 0 Å². The lowest BCUT2D eigenvalue weighted by atomic mass is 9.68. The minimum atomic E-state index is -0.481. The Labute approximate surface area is 508 Å². The molecule has 0 bridgehead atoms. The third-order valence-corrected chi connectivity index (χ3v) is 17.5. The fourth-order valence-electron chi connectivity index (χ4n) is 12.7. The smallest absolute Gasteiger partial charge is 0.0429 e. The summed E-state index contributed by atoms with van der Waals surface area (Å²) in [4.78, 5) is 0. The molecule has 0 unspecified atom stereocenters. The van der Waals surface area contributed by atoms with Crippen molar-refractivity contribution >= 4 is 23.3 Å². The van der Waals surface area contributed by atoms with Crippen LogP contribution in [0, 0.1) is 0 Å². The first-order valence-corrected chi connectivity index (χ1v) is 29.9. The van der Waals surface area contributed by atoms with Gasteiger partial charge in [-0.25, -0.2) is 0 Å². The molecule has 0 nitrogen and oxygen atoms in total. The van der Waals surface area contributed by atoms with Gasteiger partial charge in [0, 0.05) is 10.8 Å². The van der Waals surface area contributed by atoms with Crippen molar-refractivity contribution in [2.45, 2.75) is 24.7 Å². The number of hydrogen-bond donors (Lipinski definition) is 0. The van der Waals surface area contributed by atoms with Crippen LogP contribution >= 0.6 is 0 Å². The second-order valence-corrected chi connectivity index (χ2v) is 22.6. The van der Waals surface area contributed by atoms with Gasteiger partial charge in [0.05, 0.1) is 0 Å². The molecule has 0 heterocycles. The topological polar surface area (TPSA) is 0 Å². The molecule has 0 amide bonds. The van der Waals surface area contributed by atoms with Crippen molar-refractivity contribution in [2.75, 3.05) is 0 Å². The molecule has 0 spiro atoms. The number of rotatable bonds is 16. The van der Waals surface area contributed by atoms with Crippen molar-refractivity contribution < 1.29 is 0 Å². The van der Waals surface area contributed by atoms with Gasteiger partial charge in [-0.15, -0.1) is 0 Å². The molecular weight excluding hydrogens is 1030 g/mol. The Bertz CT molecular complexity index is 4250. The van der Waals surface area contributed by atoms with E-state index in [1.807, 2.05) is 0 Å². The lowest BCUT2D eigenvalue weighted by Crippen LogP contribution is -2.26. The van der Waals surface area contributed by atoms with E-state index in [1.165, 1.54) is 111 Å². The van der Waals surface area contributed by atoms with E-state index in [9.17, 15) is 0 Å². The molecule has 0 aliphatic rings. The summed E-state index contributed by atoms with van der Waals surface area (Å²) in [6.07, 6.45) is 4.66. The van der Waals surface area contributed by atoms with Gasteiger partial charge in [0.2, 0.25) is 0 Å². The minimum absolute atomic E-state index is 0.480. The van der Waals surface area contributed by atoms with E-state index in [0.717, 1.165) is 11.1 Å². The fourth-order valence-corrected chi connectivity index (χ4v) is 12.7. The van der Waals surface area contributed by atoms with Gasteiger partial charge in [-0.05, 0) is 161 Å². The predicted molar refractivity (Wildman–Crippen MR) is 365 cm³/mol. The molecule has 0 N–H and O–H groups in total. The second-order valence-electron chi connectivity index (χ2n) is 22.6. The Balaban J connectivity index is 0.871. The van der Waals surface area contributed by atoms with E-state index in [0.29, 0.717) is 0 Å². The van der Waals surface area contributed by atoms with Gasteiger partial charge in [-0.3, -0.25) is 0 Å². The number of benzene rings is 13. The normalized spacial score (nSPS) is 11.4. The molecule has 13 rings (SSSR count). The maximum absolute atomic E-state index is 2.44. The van der Waals surface area contributed by atoms with Crippen LogP contribution in [-0.2, 0) is 10.8 Å². The Kier molecular flexibility index (Phi) is 15.7. The SMILES string of the molecule is CC(c1ccccc1)(c1ccccc1)c1cc(C=C(c2ccccc2)c2ccccc2)ccc1-c1ccc(-c2ccc(-c3ccc(-c4ccc(C=C(c5ccccc5)c5ccccc5)cc4)c(C(C)(c4ccccc4)c4ccccc4)c3)cc2)cc1. The van der Waals surface area contributed by atoms with Crippen molar-refractivity contribution in [1.29, 1.82) is 0 Å². The van der Waals surface area contributed by atoms with Crippen molar-refractivity contribution in [2.24, 2.45) is 0 Å². The van der Waals surface area contributed by atoms with E-state index in [1.54, 1.807) is 0 Å². The van der Waals surface area contributed by atoms with Crippen molar-refractivity contribution in [3.05, 3.63) is 419 Å². The molecule has 0 aromatic heterocycles. The third kappa shape index (κ3) is 11.2. The van der Waals surface area contributed by atoms with Crippen LogP contribution in [0.2, 0.25) is 0 Å². The van der Waals surface area contributed by atoms with Crippen LogP contribution in [-0.4, -0.2) is 0 Å². The monoisotopic (exact) mass is 1100 g/mol. The van der Waals surface area contributed by atoms with Crippen molar-refractivity contribution in [3.63, 3.8) is 0 Å². The zero-order valence-corrected chi connectivity index (χ0v) is 48.6. The molecule has 13 aromatic carbocycles. The summed E-state index contributed by atoms with van der Waals surface area (Å²) in [7, 11) is 0. The molecule has 0 radical (unpaired) electrons. The average molecular weight is 1100 g/mol. The molecule has 13 aromatic rings. The maximum Gasteiger partial charge on any atom is 0.0429 e. The van der Waals surface area contributed by atoms with Gasteiger partial charge in [0.25, 0.3) is 0 Å². The Morgan fingerprint density at radius 3 is 0.814 bits per heavy atom. The quantitative estimate of drug-likeness (QED) is 0.0668. The molecule has 0 aliphatic carbocycles. The van der Waals surface area contributed by atoms with Gasteiger partial charge >= 0.3 is 0 Å². The van der Waals surface area contributed by atoms with Gasteiger partial charge in [-0.1, -0.05) is 340 Å². The van der Waals surface area contributed by atoms with Gasteiger partial charge < -0.3 is 0 Å². The highest BCUT2D eigenvalue weighted by molar-refractivity contribution is 5.93. The molecule has 0 heteroatoms. The largest absolute Gasteiger partial charge is 0.0622 e. The summed E-state index contributed by atoms with van der Waals surface area (Å²) in [5.74, 6) is 0. The predicted octanol–water partition coefficient (Wildman–Crippen LogP) is 22.2. The van der Waals surface area contributed by atoms with Crippen LogP contribution in [0.4, 0.5) is 0 Å². The minimum Gasteiger partial charge on any atom is -0.0622 e. The van der Waals surface area contributed by atoms with Gasteiger partial charge in [-0.2, -0.15) is 0 Å². The molecule has 410 valence electrons. The summed E-state index contributed by atoms with van der Waals surface area (Å²) in [5.41, 5.74) is 25.3. The molecule has 86 heavy (non-hydrogen) atoms. The first kappa shape index (κ1) is 54.6. The van der Waals surface area contributed by atoms with Crippen LogP contribution in [0.5, 0.6) is 0 Å². The highest BCUT2D eigenvalue weighted by Crippen LogP contribution is 2.47. The zero-order chi connectivity index (χ0) is 58.1. The summed E-state index contributed by atoms with van der Waals surface area (Å²) in [6.45, 7) is 4.78. The van der Waals surface area contributed by atoms with Crippen LogP contribution < -0.4 is 0 Å². The highest BCUT2D eigenvalue weighted by atomic mass is 14.4. The van der Waals surface area contributed by atoms with Crippen molar-refractivity contribution in [3.8, 4) is 44.5 Å².